The lowest BCUT2D eigenvalue weighted by molar-refractivity contribution is 0.390. The Morgan fingerprint density at radius 2 is 2.29 bits per heavy atom. The van der Waals surface area contributed by atoms with Gasteiger partial charge in [-0.05, 0) is 43.8 Å². The van der Waals surface area contributed by atoms with Crippen LogP contribution < -0.4 is 10.6 Å². The van der Waals surface area contributed by atoms with Crippen molar-refractivity contribution in [2.24, 2.45) is 0 Å². The van der Waals surface area contributed by atoms with E-state index in [4.69, 9.17) is 0 Å². The van der Waals surface area contributed by atoms with Gasteiger partial charge < -0.3 is 10.6 Å². The summed E-state index contributed by atoms with van der Waals surface area (Å²) < 4.78 is 0. The van der Waals surface area contributed by atoms with E-state index in [-0.39, 0.29) is 0 Å². The third-order valence-corrected chi connectivity index (χ3v) is 3.66. The van der Waals surface area contributed by atoms with Crippen LogP contribution in [0.1, 0.15) is 17.7 Å². The van der Waals surface area contributed by atoms with Crippen LogP contribution in [0.2, 0.25) is 0 Å². The van der Waals surface area contributed by atoms with Crippen molar-refractivity contribution in [3.63, 3.8) is 0 Å². The number of hydrogen-bond acceptors (Lipinski definition) is 3. The fourth-order valence-corrected chi connectivity index (χ4v) is 2.59. The van der Waals surface area contributed by atoms with Crippen LogP contribution in [-0.4, -0.2) is 25.7 Å². The Balaban J connectivity index is 1.62. The van der Waals surface area contributed by atoms with Gasteiger partial charge in [-0.15, -0.1) is 11.3 Å². The third-order valence-electron chi connectivity index (χ3n) is 2.72. The molecule has 0 aliphatic carbocycles. The van der Waals surface area contributed by atoms with Crippen LogP contribution >= 0.6 is 11.3 Å². The summed E-state index contributed by atoms with van der Waals surface area (Å²) in [6, 6.07) is 5.09. The SMILES string of the molecule is c1csc(CCNC2CCNCC2)c1. The molecule has 0 unspecified atom stereocenters. The molecule has 0 saturated carbocycles. The summed E-state index contributed by atoms with van der Waals surface area (Å²) in [5, 5.41) is 9.16. The van der Waals surface area contributed by atoms with E-state index in [0.717, 1.165) is 12.6 Å². The molecular formula is C11H18N2S. The smallest absolute Gasteiger partial charge is 0.00913 e. The van der Waals surface area contributed by atoms with E-state index < -0.39 is 0 Å². The minimum atomic E-state index is 0.746. The van der Waals surface area contributed by atoms with Gasteiger partial charge in [-0.1, -0.05) is 6.07 Å². The molecule has 78 valence electrons. The fraction of sp³-hybridized carbons (Fsp3) is 0.636. The van der Waals surface area contributed by atoms with Crippen LogP contribution in [0.15, 0.2) is 17.5 Å². The fourth-order valence-electron chi connectivity index (χ4n) is 1.88. The van der Waals surface area contributed by atoms with E-state index in [9.17, 15) is 0 Å². The second-order valence-electron chi connectivity index (χ2n) is 3.81. The predicted octanol–water partition coefficient (Wildman–Crippen LogP) is 1.63. The van der Waals surface area contributed by atoms with Crippen molar-refractivity contribution in [3.05, 3.63) is 22.4 Å². The van der Waals surface area contributed by atoms with Gasteiger partial charge in [0.25, 0.3) is 0 Å². The molecule has 0 bridgehead atoms. The molecule has 1 fully saturated rings. The third kappa shape index (κ3) is 3.08. The molecule has 1 aliphatic rings. The number of rotatable bonds is 4. The molecule has 0 spiro atoms. The summed E-state index contributed by atoms with van der Waals surface area (Å²) in [5.74, 6) is 0. The highest BCUT2D eigenvalue weighted by Crippen LogP contribution is 2.09. The van der Waals surface area contributed by atoms with Crippen LogP contribution in [0, 0.1) is 0 Å². The first-order valence-electron chi connectivity index (χ1n) is 5.41. The zero-order valence-corrected chi connectivity index (χ0v) is 9.28. The van der Waals surface area contributed by atoms with Gasteiger partial charge in [0.15, 0.2) is 0 Å². The Hall–Kier alpha value is -0.380. The van der Waals surface area contributed by atoms with Crippen molar-refractivity contribution in [2.75, 3.05) is 19.6 Å². The highest BCUT2D eigenvalue weighted by atomic mass is 32.1. The maximum atomic E-state index is 3.63. The molecular weight excluding hydrogens is 192 g/mol. The standard InChI is InChI=1S/C11H18N2S/c1-2-11(14-9-1)5-8-13-10-3-6-12-7-4-10/h1-2,9-10,12-13H,3-8H2. The largest absolute Gasteiger partial charge is 0.317 e. The zero-order chi connectivity index (χ0) is 9.64. The second-order valence-corrected chi connectivity index (χ2v) is 4.84. The van der Waals surface area contributed by atoms with Crippen LogP contribution in [0.3, 0.4) is 0 Å². The first-order valence-corrected chi connectivity index (χ1v) is 6.29. The van der Waals surface area contributed by atoms with Gasteiger partial charge >= 0.3 is 0 Å². The number of piperidine rings is 1. The monoisotopic (exact) mass is 210 g/mol. The summed E-state index contributed by atoms with van der Waals surface area (Å²) in [6.07, 6.45) is 3.75. The molecule has 3 heteroatoms. The maximum Gasteiger partial charge on any atom is 0.00913 e. The summed E-state index contributed by atoms with van der Waals surface area (Å²) >= 11 is 1.86. The summed E-state index contributed by atoms with van der Waals surface area (Å²) in [7, 11) is 0. The minimum absolute atomic E-state index is 0.746. The number of thiophene rings is 1. The molecule has 1 aromatic heterocycles. The van der Waals surface area contributed by atoms with Crippen molar-refractivity contribution >= 4 is 11.3 Å². The van der Waals surface area contributed by atoms with E-state index in [1.54, 1.807) is 0 Å². The van der Waals surface area contributed by atoms with Gasteiger partial charge in [0, 0.05) is 17.5 Å². The average molecular weight is 210 g/mol. The molecule has 1 saturated heterocycles. The Kier molecular flexibility index (Phi) is 3.98. The van der Waals surface area contributed by atoms with E-state index in [1.807, 2.05) is 11.3 Å². The van der Waals surface area contributed by atoms with Crippen molar-refractivity contribution in [1.29, 1.82) is 0 Å². The van der Waals surface area contributed by atoms with E-state index in [0.29, 0.717) is 0 Å². The lowest BCUT2D eigenvalue weighted by atomic mass is 10.1. The quantitative estimate of drug-likeness (QED) is 0.789. The predicted molar refractivity (Wildman–Crippen MR) is 61.9 cm³/mol. The highest BCUT2D eigenvalue weighted by Gasteiger charge is 2.11. The number of hydrogen-bond donors (Lipinski definition) is 2. The van der Waals surface area contributed by atoms with Crippen LogP contribution in [0.5, 0.6) is 0 Å². The summed E-state index contributed by atoms with van der Waals surface area (Å²) in [6.45, 7) is 3.48. The zero-order valence-electron chi connectivity index (χ0n) is 8.46. The second kappa shape index (κ2) is 5.49. The highest BCUT2D eigenvalue weighted by molar-refractivity contribution is 7.09. The molecule has 0 aromatic carbocycles. The van der Waals surface area contributed by atoms with E-state index in [2.05, 4.69) is 28.1 Å². The molecule has 14 heavy (non-hydrogen) atoms. The average Bonchev–Trinajstić information content (AvgIpc) is 2.72. The Labute approximate surface area is 89.7 Å². The van der Waals surface area contributed by atoms with Crippen molar-refractivity contribution in [3.8, 4) is 0 Å². The van der Waals surface area contributed by atoms with Gasteiger partial charge in [-0.3, -0.25) is 0 Å². The molecule has 2 rings (SSSR count). The van der Waals surface area contributed by atoms with E-state index >= 15 is 0 Å². The maximum absolute atomic E-state index is 3.63. The molecule has 1 aliphatic heterocycles. The first kappa shape index (κ1) is 10.1. The van der Waals surface area contributed by atoms with Gasteiger partial charge in [-0.25, -0.2) is 0 Å². The normalized spacial score (nSPS) is 18.6. The van der Waals surface area contributed by atoms with Gasteiger partial charge in [0.2, 0.25) is 0 Å². The van der Waals surface area contributed by atoms with Gasteiger partial charge in [-0.2, -0.15) is 0 Å². The number of nitrogens with one attached hydrogen (secondary N) is 2. The van der Waals surface area contributed by atoms with E-state index in [1.165, 1.54) is 37.2 Å². The molecule has 2 nitrogen and oxygen atoms in total. The Morgan fingerprint density at radius 3 is 3.00 bits per heavy atom. The molecule has 2 heterocycles. The lowest BCUT2D eigenvalue weighted by Crippen LogP contribution is -2.40. The van der Waals surface area contributed by atoms with Gasteiger partial charge in [0.05, 0.1) is 0 Å². The molecule has 0 atom stereocenters. The Morgan fingerprint density at radius 1 is 1.43 bits per heavy atom. The minimum Gasteiger partial charge on any atom is -0.317 e. The van der Waals surface area contributed by atoms with Crippen molar-refractivity contribution < 1.29 is 0 Å². The van der Waals surface area contributed by atoms with Crippen molar-refractivity contribution in [1.82, 2.24) is 10.6 Å². The Bertz CT molecular complexity index is 240. The summed E-state index contributed by atoms with van der Waals surface area (Å²) in [4.78, 5) is 1.49. The molecule has 0 amide bonds. The van der Waals surface area contributed by atoms with Gasteiger partial charge in [0.1, 0.15) is 0 Å². The molecule has 1 aromatic rings. The molecule has 0 radical (unpaired) electrons. The first-order chi connectivity index (χ1) is 6.95. The molecule has 2 N–H and O–H groups in total. The van der Waals surface area contributed by atoms with Crippen LogP contribution in [0.4, 0.5) is 0 Å². The van der Waals surface area contributed by atoms with Crippen molar-refractivity contribution in [2.45, 2.75) is 25.3 Å². The lowest BCUT2D eigenvalue weighted by Gasteiger charge is -2.23. The topological polar surface area (TPSA) is 24.1 Å². The van der Waals surface area contributed by atoms with Crippen LogP contribution in [-0.2, 0) is 6.42 Å². The summed E-state index contributed by atoms with van der Waals surface area (Å²) in [5.41, 5.74) is 0. The van der Waals surface area contributed by atoms with Crippen LogP contribution in [0.25, 0.3) is 0 Å².